The average Bonchev–Trinajstić information content (AvgIpc) is 2.45. The zero-order chi connectivity index (χ0) is 11.0. The first kappa shape index (κ1) is 9.60. The average molecular weight is 227 g/mol. The van der Waals surface area contributed by atoms with Gasteiger partial charge in [-0.1, -0.05) is 30.0 Å². The molecule has 0 N–H and O–H groups in total. The summed E-state index contributed by atoms with van der Waals surface area (Å²) in [6.07, 6.45) is 2.20. The van der Waals surface area contributed by atoms with E-state index in [1.54, 1.807) is 18.0 Å². The second-order valence-corrected chi connectivity index (χ2v) is 4.70. The molecule has 0 amide bonds. The summed E-state index contributed by atoms with van der Waals surface area (Å²) >= 11 is 1.58. The van der Waals surface area contributed by atoms with Gasteiger partial charge in [0.05, 0.1) is 5.56 Å². The zero-order valence-electron chi connectivity index (χ0n) is 8.51. The van der Waals surface area contributed by atoms with Gasteiger partial charge in [0, 0.05) is 17.5 Å². The minimum Gasteiger partial charge on any atom is -0.294 e. The Bertz CT molecular complexity index is 565. The van der Waals surface area contributed by atoms with Crippen molar-refractivity contribution in [3.63, 3.8) is 0 Å². The van der Waals surface area contributed by atoms with Crippen molar-refractivity contribution >= 4 is 17.5 Å². The van der Waals surface area contributed by atoms with Crippen molar-refractivity contribution in [1.29, 1.82) is 0 Å². The van der Waals surface area contributed by atoms with Crippen LogP contribution in [0.5, 0.6) is 0 Å². The molecule has 1 aliphatic heterocycles. The Hall–Kier alpha value is -1.61. The van der Waals surface area contributed by atoms with E-state index in [0.29, 0.717) is 6.42 Å². The summed E-state index contributed by atoms with van der Waals surface area (Å²) in [5.74, 6) is 0.153. The topological polar surface area (TPSA) is 30.0 Å². The monoisotopic (exact) mass is 227 g/mol. The van der Waals surface area contributed by atoms with Crippen LogP contribution in [-0.2, 0) is 6.42 Å². The number of carbonyl (C=O) groups is 1. The highest BCUT2D eigenvalue weighted by atomic mass is 32.2. The highest BCUT2D eigenvalue weighted by Gasteiger charge is 2.20. The Balaban J connectivity index is 2.18. The maximum atomic E-state index is 12.0. The quantitative estimate of drug-likeness (QED) is 0.693. The van der Waals surface area contributed by atoms with E-state index in [4.69, 9.17) is 0 Å². The number of hydrogen-bond donors (Lipinski definition) is 0. The van der Waals surface area contributed by atoms with Crippen LogP contribution in [0.3, 0.4) is 0 Å². The summed E-state index contributed by atoms with van der Waals surface area (Å²) in [6.45, 7) is 0. The van der Waals surface area contributed by atoms with Crippen LogP contribution in [0.15, 0.2) is 52.5 Å². The molecule has 1 aliphatic rings. The SMILES string of the molecule is O=C1Cc2ccccc2Sc2ncccc21. The number of rotatable bonds is 0. The molecule has 1 aromatic heterocycles. The number of hydrogen-bond acceptors (Lipinski definition) is 3. The van der Waals surface area contributed by atoms with Crippen LogP contribution in [0.1, 0.15) is 15.9 Å². The van der Waals surface area contributed by atoms with Crippen LogP contribution in [0.2, 0.25) is 0 Å². The molecule has 16 heavy (non-hydrogen) atoms. The molecule has 2 heterocycles. The van der Waals surface area contributed by atoms with E-state index in [0.717, 1.165) is 21.0 Å². The number of carbonyl (C=O) groups excluding carboxylic acids is 1. The van der Waals surface area contributed by atoms with Crippen molar-refractivity contribution in [3.05, 3.63) is 53.7 Å². The minimum absolute atomic E-state index is 0.153. The summed E-state index contributed by atoms with van der Waals surface area (Å²) < 4.78 is 0. The van der Waals surface area contributed by atoms with Crippen molar-refractivity contribution in [3.8, 4) is 0 Å². The lowest BCUT2D eigenvalue weighted by Gasteiger charge is -2.02. The third-order valence-electron chi connectivity index (χ3n) is 2.60. The molecular weight excluding hydrogens is 218 g/mol. The molecule has 0 spiro atoms. The van der Waals surface area contributed by atoms with E-state index >= 15 is 0 Å². The normalized spacial score (nSPS) is 13.9. The van der Waals surface area contributed by atoms with Crippen LogP contribution in [-0.4, -0.2) is 10.8 Å². The predicted molar refractivity (Wildman–Crippen MR) is 62.8 cm³/mol. The molecule has 0 radical (unpaired) electrons. The Labute approximate surface area is 97.7 Å². The number of benzene rings is 1. The molecule has 0 saturated carbocycles. The molecule has 0 saturated heterocycles. The molecule has 3 rings (SSSR count). The largest absolute Gasteiger partial charge is 0.294 e. The van der Waals surface area contributed by atoms with Crippen molar-refractivity contribution in [2.45, 2.75) is 16.3 Å². The second kappa shape index (κ2) is 3.76. The molecule has 78 valence electrons. The first-order valence-corrected chi connectivity index (χ1v) is 5.90. The molecule has 0 unspecified atom stereocenters. The summed E-state index contributed by atoms with van der Waals surface area (Å²) in [5, 5.41) is 0.817. The fraction of sp³-hybridized carbons (Fsp3) is 0.0769. The highest BCUT2D eigenvalue weighted by Crippen LogP contribution is 2.35. The molecule has 2 aromatic rings. The first-order chi connectivity index (χ1) is 7.84. The molecule has 0 aliphatic carbocycles. The third kappa shape index (κ3) is 1.53. The van der Waals surface area contributed by atoms with Gasteiger partial charge in [-0.3, -0.25) is 4.79 Å². The van der Waals surface area contributed by atoms with Crippen LogP contribution in [0.4, 0.5) is 0 Å². The van der Waals surface area contributed by atoms with Gasteiger partial charge in [0.1, 0.15) is 5.03 Å². The van der Waals surface area contributed by atoms with E-state index in [9.17, 15) is 4.79 Å². The van der Waals surface area contributed by atoms with Gasteiger partial charge in [0.15, 0.2) is 5.78 Å². The van der Waals surface area contributed by atoms with Gasteiger partial charge in [-0.15, -0.1) is 0 Å². The summed E-state index contributed by atoms with van der Waals surface area (Å²) in [6, 6.07) is 11.7. The second-order valence-electron chi connectivity index (χ2n) is 3.67. The standard InChI is InChI=1S/C13H9NOS/c15-11-8-9-4-1-2-6-12(9)16-13-10(11)5-3-7-14-13/h1-7H,8H2. The molecule has 0 atom stereocenters. The summed E-state index contributed by atoms with van der Waals surface area (Å²) in [5.41, 5.74) is 1.83. The van der Waals surface area contributed by atoms with Crippen LogP contribution in [0.25, 0.3) is 0 Å². The van der Waals surface area contributed by atoms with Gasteiger partial charge in [-0.25, -0.2) is 4.98 Å². The first-order valence-electron chi connectivity index (χ1n) is 5.08. The maximum absolute atomic E-state index is 12.0. The minimum atomic E-state index is 0.153. The van der Waals surface area contributed by atoms with Gasteiger partial charge >= 0.3 is 0 Å². The Morgan fingerprint density at radius 3 is 2.94 bits per heavy atom. The van der Waals surface area contributed by atoms with E-state index in [1.165, 1.54) is 0 Å². The van der Waals surface area contributed by atoms with Crippen molar-refractivity contribution in [2.24, 2.45) is 0 Å². The lowest BCUT2D eigenvalue weighted by atomic mass is 10.0. The van der Waals surface area contributed by atoms with E-state index in [2.05, 4.69) is 4.98 Å². The van der Waals surface area contributed by atoms with Gasteiger partial charge in [-0.2, -0.15) is 0 Å². The fourth-order valence-corrected chi connectivity index (χ4v) is 2.84. The molecular formula is C13H9NOS. The number of aromatic nitrogens is 1. The summed E-state index contributed by atoms with van der Waals surface area (Å²) in [4.78, 5) is 17.4. The zero-order valence-corrected chi connectivity index (χ0v) is 9.33. The number of fused-ring (bicyclic) bond motifs is 2. The maximum Gasteiger partial charge on any atom is 0.170 e. The van der Waals surface area contributed by atoms with E-state index in [1.807, 2.05) is 36.4 Å². The van der Waals surface area contributed by atoms with Crippen LogP contribution >= 0.6 is 11.8 Å². The number of nitrogens with zero attached hydrogens (tertiary/aromatic N) is 1. The summed E-state index contributed by atoms with van der Waals surface area (Å²) in [7, 11) is 0. The Morgan fingerprint density at radius 1 is 1.12 bits per heavy atom. The third-order valence-corrected chi connectivity index (χ3v) is 3.74. The number of ketones is 1. The van der Waals surface area contributed by atoms with Crippen molar-refractivity contribution < 1.29 is 4.79 Å². The molecule has 0 fully saturated rings. The predicted octanol–water partition coefficient (Wildman–Crippen LogP) is 2.97. The molecule has 2 nitrogen and oxygen atoms in total. The van der Waals surface area contributed by atoms with Crippen LogP contribution in [0, 0.1) is 0 Å². The lowest BCUT2D eigenvalue weighted by molar-refractivity contribution is 0.0989. The van der Waals surface area contributed by atoms with Crippen molar-refractivity contribution in [2.75, 3.05) is 0 Å². The highest BCUT2D eigenvalue weighted by molar-refractivity contribution is 7.99. The van der Waals surface area contributed by atoms with Gasteiger partial charge in [0.25, 0.3) is 0 Å². The number of Topliss-reactive ketones (excluding diaryl/α,β-unsaturated/α-hetero) is 1. The van der Waals surface area contributed by atoms with Crippen LogP contribution < -0.4 is 0 Å². The van der Waals surface area contributed by atoms with Crippen molar-refractivity contribution in [1.82, 2.24) is 4.98 Å². The Morgan fingerprint density at radius 2 is 2.00 bits per heavy atom. The van der Waals surface area contributed by atoms with E-state index < -0.39 is 0 Å². The number of pyridine rings is 1. The Kier molecular flexibility index (Phi) is 2.26. The fourth-order valence-electron chi connectivity index (χ4n) is 1.81. The van der Waals surface area contributed by atoms with Gasteiger partial charge in [-0.05, 0) is 23.8 Å². The smallest absolute Gasteiger partial charge is 0.170 e. The molecule has 0 bridgehead atoms. The molecule has 3 heteroatoms. The van der Waals surface area contributed by atoms with E-state index in [-0.39, 0.29) is 5.78 Å². The lowest BCUT2D eigenvalue weighted by Crippen LogP contribution is -2.03. The van der Waals surface area contributed by atoms with Gasteiger partial charge < -0.3 is 0 Å². The molecule has 1 aromatic carbocycles. The van der Waals surface area contributed by atoms with Gasteiger partial charge in [0.2, 0.25) is 0 Å².